The zero-order chi connectivity index (χ0) is 19.2. The molecular formula is C18H16Cl2N2O4S. The largest absolute Gasteiger partial charge is 0.497 e. The van der Waals surface area contributed by atoms with Crippen LogP contribution in [0, 0.1) is 0 Å². The van der Waals surface area contributed by atoms with Crippen molar-refractivity contribution in [3.05, 3.63) is 46.4 Å². The fraction of sp³-hybridized carbons (Fsp3) is 0.222. The Balaban J connectivity index is 1.58. The summed E-state index contributed by atoms with van der Waals surface area (Å²) >= 11 is 13.3. The minimum absolute atomic E-state index is 0.386. The van der Waals surface area contributed by atoms with Gasteiger partial charge in [0.15, 0.2) is 0 Å². The highest BCUT2D eigenvalue weighted by atomic mass is 35.5. The monoisotopic (exact) mass is 426 g/mol. The maximum atomic E-state index is 6.07. The predicted octanol–water partition coefficient (Wildman–Crippen LogP) is 5.23. The SMILES string of the molecule is COc1cc(OC)cc(-c2nnc(SCCOc3ccc(Cl)cc3Cl)o2)c1. The molecule has 0 N–H and O–H groups in total. The van der Waals surface area contributed by atoms with Gasteiger partial charge in [0.25, 0.3) is 5.22 Å². The summed E-state index contributed by atoms with van der Waals surface area (Å²) in [5.41, 5.74) is 0.717. The van der Waals surface area contributed by atoms with Gasteiger partial charge in [0, 0.05) is 22.4 Å². The molecule has 3 rings (SSSR count). The number of aromatic nitrogens is 2. The second kappa shape index (κ2) is 9.21. The Kier molecular flexibility index (Phi) is 6.71. The van der Waals surface area contributed by atoms with Gasteiger partial charge in [0.1, 0.15) is 17.2 Å². The number of nitrogens with zero attached hydrogens (tertiary/aromatic N) is 2. The lowest BCUT2D eigenvalue weighted by molar-refractivity contribution is 0.343. The average Bonchev–Trinajstić information content (AvgIpc) is 3.15. The summed E-state index contributed by atoms with van der Waals surface area (Å²) in [7, 11) is 3.17. The topological polar surface area (TPSA) is 66.6 Å². The molecule has 2 aromatic carbocycles. The Morgan fingerprint density at radius 2 is 1.74 bits per heavy atom. The predicted molar refractivity (Wildman–Crippen MR) is 106 cm³/mol. The van der Waals surface area contributed by atoms with Crippen LogP contribution in [0.2, 0.25) is 10.0 Å². The van der Waals surface area contributed by atoms with Crippen LogP contribution in [0.3, 0.4) is 0 Å². The van der Waals surface area contributed by atoms with Crippen LogP contribution in [-0.4, -0.2) is 36.8 Å². The quantitative estimate of drug-likeness (QED) is 0.360. The molecule has 0 aliphatic heterocycles. The molecule has 6 nitrogen and oxygen atoms in total. The molecule has 0 spiro atoms. The standard InChI is InChI=1S/C18H16Cl2N2O4S/c1-23-13-7-11(8-14(10-13)24-2)17-21-22-18(26-17)27-6-5-25-16-4-3-12(19)9-15(16)20/h3-4,7-10H,5-6H2,1-2H3. The molecule has 0 bridgehead atoms. The first-order valence-electron chi connectivity index (χ1n) is 7.86. The molecule has 9 heteroatoms. The van der Waals surface area contributed by atoms with E-state index in [2.05, 4.69) is 10.2 Å². The number of ether oxygens (including phenoxy) is 3. The maximum absolute atomic E-state index is 6.07. The lowest BCUT2D eigenvalue weighted by Crippen LogP contribution is -2.00. The van der Waals surface area contributed by atoms with E-state index in [9.17, 15) is 0 Å². The normalized spacial score (nSPS) is 10.7. The molecule has 1 aromatic heterocycles. The first kappa shape index (κ1) is 19.7. The molecule has 142 valence electrons. The minimum Gasteiger partial charge on any atom is -0.497 e. The second-order valence-corrected chi connectivity index (χ2v) is 7.14. The Bertz CT molecular complexity index is 898. The molecule has 0 aliphatic carbocycles. The highest BCUT2D eigenvalue weighted by Gasteiger charge is 2.12. The van der Waals surface area contributed by atoms with E-state index < -0.39 is 0 Å². The molecule has 0 saturated carbocycles. The van der Waals surface area contributed by atoms with E-state index in [1.54, 1.807) is 50.6 Å². The number of hydrogen-bond acceptors (Lipinski definition) is 7. The van der Waals surface area contributed by atoms with Crippen LogP contribution >= 0.6 is 35.0 Å². The molecule has 0 atom stereocenters. The van der Waals surface area contributed by atoms with Gasteiger partial charge in [-0.25, -0.2) is 0 Å². The highest BCUT2D eigenvalue weighted by molar-refractivity contribution is 7.99. The molecule has 27 heavy (non-hydrogen) atoms. The Morgan fingerprint density at radius 3 is 2.41 bits per heavy atom. The van der Waals surface area contributed by atoms with E-state index in [0.717, 1.165) is 5.56 Å². The van der Waals surface area contributed by atoms with Gasteiger partial charge in [0.05, 0.1) is 25.8 Å². The third-order valence-corrected chi connectivity index (χ3v) is 4.78. The van der Waals surface area contributed by atoms with Gasteiger partial charge in [-0.1, -0.05) is 35.0 Å². The second-order valence-electron chi connectivity index (χ2n) is 5.25. The van der Waals surface area contributed by atoms with E-state index in [0.29, 0.717) is 50.8 Å². The number of hydrogen-bond donors (Lipinski definition) is 0. The van der Waals surface area contributed by atoms with Crippen LogP contribution in [0.25, 0.3) is 11.5 Å². The number of halogens is 2. The van der Waals surface area contributed by atoms with Crippen molar-refractivity contribution in [3.8, 4) is 28.7 Å². The van der Waals surface area contributed by atoms with Crippen LogP contribution in [0.4, 0.5) is 0 Å². The Morgan fingerprint density at radius 1 is 1.00 bits per heavy atom. The minimum atomic E-state index is 0.386. The molecule has 0 saturated heterocycles. The van der Waals surface area contributed by atoms with Crippen LogP contribution in [0.15, 0.2) is 46.0 Å². The van der Waals surface area contributed by atoms with Crippen molar-refractivity contribution in [2.24, 2.45) is 0 Å². The van der Waals surface area contributed by atoms with E-state index in [1.165, 1.54) is 11.8 Å². The maximum Gasteiger partial charge on any atom is 0.276 e. The fourth-order valence-electron chi connectivity index (χ4n) is 2.19. The molecule has 1 heterocycles. The lowest BCUT2D eigenvalue weighted by atomic mass is 10.2. The number of benzene rings is 2. The first-order valence-corrected chi connectivity index (χ1v) is 9.61. The third kappa shape index (κ3) is 5.22. The third-order valence-electron chi connectivity index (χ3n) is 3.47. The van der Waals surface area contributed by atoms with Gasteiger partial charge < -0.3 is 18.6 Å². The van der Waals surface area contributed by atoms with Gasteiger partial charge in [0.2, 0.25) is 5.89 Å². The van der Waals surface area contributed by atoms with Crippen molar-refractivity contribution in [1.82, 2.24) is 10.2 Å². The fourth-order valence-corrected chi connectivity index (χ4v) is 3.23. The van der Waals surface area contributed by atoms with Crippen molar-refractivity contribution in [1.29, 1.82) is 0 Å². The summed E-state index contributed by atoms with van der Waals surface area (Å²) in [6.07, 6.45) is 0. The zero-order valence-electron chi connectivity index (χ0n) is 14.6. The molecule has 0 amide bonds. The van der Waals surface area contributed by atoms with E-state index in [-0.39, 0.29) is 0 Å². The summed E-state index contributed by atoms with van der Waals surface area (Å²) in [5, 5.41) is 9.59. The van der Waals surface area contributed by atoms with Crippen LogP contribution in [-0.2, 0) is 0 Å². The van der Waals surface area contributed by atoms with Crippen molar-refractivity contribution >= 4 is 35.0 Å². The van der Waals surface area contributed by atoms with Crippen LogP contribution < -0.4 is 14.2 Å². The average molecular weight is 427 g/mol. The Hall–Kier alpha value is -2.09. The van der Waals surface area contributed by atoms with Gasteiger partial charge in [-0.15, -0.1) is 10.2 Å². The van der Waals surface area contributed by atoms with Crippen LogP contribution in [0.1, 0.15) is 0 Å². The first-order chi connectivity index (χ1) is 13.1. The summed E-state index contributed by atoms with van der Waals surface area (Å²) in [5.74, 6) is 2.87. The van der Waals surface area contributed by atoms with Gasteiger partial charge >= 0.3 is 0 Å². The number of rotatable bonds is 8. The number of thioether (sulfide) groups is 1. The summed E-state index contributed by atoms with van der Waals surface area (Å²) in [6.45, 7) is 0.427. The van der Waals surface area contributed by atoms with Crippen molar-refractivity contribution < 1.29 is 18.6 Å². The summed E-state index contributed by atoms with van der Waals surface area (Å²) < 4.78 is 21.8. The van der Waals surface area contributed by atoms with Crippen molar-refractivity contribution in [2.75, 3.05) is 26.6 Å². The molecule has 0 unspecified atom stereocenters. The molecular weight excluding hydrogens is 411 g/mol. The Labute approximate surface area is 170 Å². The van der Waals surface area contributed by atoms with Gasteiger partial charge in [-0.2, -0.15) is 0 Å². The van der Waals surface area contributed by atoms with Gasteiger partial charge in [-0.3, -0.25) is 0 Å². The van der Waals surface area contributed by atoms with E-state index in [1.807, 2.05) is 0 Å². The number of methoxy groups -OCH3 is 2. The highest BCUT2D eigenvalue weighted by Crippen LogP contribution is 2.31. The van der Waals surface area contributed by atoms with Crippen molar-refractivity contribution in [2.45, 2.75) is 5.22 Å². The molecule has 0 fully saturated rings. The smallest absolute Gasteiger partial charge is 0.276 e. The zero-order valence-corrected chi connectivity index (χ0v) is 16.9. The van der Waals surface area contributed by atoms with Crippen LogP contribution in [0.5, 0.6) is 17.2 Å². The van der Waals surface area contributed by atoms with E-state index in [4.69, 9.17) is 41.8 Å². The lowest BCUT2D eigenvalue weighted by Gasteiger charge is -2.07. The van der Waals surface area contributed by atoms with E-state index >= 15 is 0 Å². The summed E-state index contributed by atoms with van der Waals surface area (Å²) in [4.78, 5) is 0. The molecule has 3 aromatic rings. The summed E-state index contributed by atoms with van der Waals surface area (Å²) in [6, 6.07) is 10.5. The van der Waals surface area contributed by atoms with Crippen molar-refractivity contribution in [3.63, 3.8) is 0 Å². The molecule has 0 radical (unpaired) electrons. The van der Waals surface area contributed by atoms with Gasteiger partial charge in [-0.05, 0) is 30.3 Å². The molecule has 0 aliphatic rings.